The SMILES string of the molecule is C[C@H]1OCCN[C@@H]1C(=O)NCC1(c2ccc(F)cc2)CC1. The second kappa shape index (κ2) is 5.73. The Morgan fingerprint density at radius 3 is 2.76 bits per heavy atom. The van der Waals surface area contributed by atoms with E-state index in [1.165, 1.54) is 12.1 Å². The fourth-order valence-electron chi connectivity index (χ4n) is 2.92. The molecule has 1 aliphatic carbocycles. The van der Waals surface area contributed by atoms with E-state index in [0.29, 0.717) is 19.7 Å². The van der Waals surface area contributed by atoms with Crippen LogP contribution in [0.1, 0.15) is 25.3 Å². The van der Waals surface area contributed by atoms with Gasteiger partial charge < -0.3 is 15.4 Å². The summed E-state index contributed by atoms with van der Waals surface area (Å²) in [5.74, 6) is -0.244. The van der Waals surface area contributed by atoms with Gasteiger partial charge in [-0.05, 0) is 37.5 Å². The molecule has 0 bridgehead atoms. The van der Waals surface area contributed by atoms with Crippen LogP contribution in [0, 0.1) is 5.82 Å². The number of carbonyl (C=O) groups excluding carboxylic acids is 1. The number of halogens is 1. The van der Waals surface area contributed by atoms with Gasteiger partial charge in [-0.1, -0.05) is 12.1 Å². The maximum atomic E-state index is 13.0. The predicted octanol–water partition coefficient (Wildman–Crippen LogP) is 1.35. The first-order valence-corrected chi connectivity index (χ1v) is 7.49. The van der Waals surface area contributed by atoms with Crippen molar-refractivity contribution in [2.75, 3.05) is 19.7 Å². The molecule has 5 heteroatoms. The van der Waals surface area contributed by atoms with Crippen LogP contribution < -0.4 is 10.6 Å². The second-order valence-electron chi connectivity index (χ2n) is 6.01. The van der Waals surface area contributed by atoms with Crippen LogP contribution in [0.4, 0.5) is 4.39 Å². The third-order valence-corrected chi connectivity index (χ3v) is 4.51. The molecular weight excluding hydrogens is 271 g/mol. The number of hydrogen-bond acceptors (Lipinski definition) is 3. The number of carbonyl (C=O) groups is 1. The molecule has 1 aliphatic heterocycles. The van der Waals surface area contributed by atoms with Crippen LogP contribution in [-0.4, -0.2) is 37.7 Å². The Kier molecular flexibility index (Phi) is 3.95. The molecule has 1 heterocycles. The summed E-state index contributed by atoms with van der Waals surface area (Å²) in [5, 5.41) is 6.21. The van der Waals surface area contributed by atoms with E-state index < -0.39 is 0 Å². The minimum atomic E-state index is -0.289. The molecule has 0 aromatic heterocycles. The van der Waals surface area contributed by atoms with Crippen LogP contribution in [0.3, 0.4) is 0 Å². The van der Waals surface area contributed by atoms with Gasteiger partial charge in [0, 0.05) is 18.5 Å². The molecule has 2 N–H and O–H groups in total. The highest BCUT2D eigenvalue weighted by Crippen LogP contribution is 2.47. The molecular formula is C16H21FN2O2. The Morgan fingerprint density at radius 2 is 2.14 bits per heavy atom. The third-order valence-electron chi connectivity index (χ3n) is 4.51. The molecule has 114 valence electrons. The first-order chi connectivity index (χ1) is 10.1. The van der Waals surface area contributed by atoms with Crippen LogP contribution in [0.25, 0.3) is 0 Å². The van der Waals surface area contributed by atoms with Crippen molar-refractivity contribution in [2.45, 2.75) is 37.3 Å². The van der Waals surface area contributed by atoms with E-state index in [1.54, 1.807) is 0 Å². The summed E-state index contributed by atoms with van der Waals surface area (Å²) >= 11 is 0. The molecule has 1 aromatic carbocycles. The first kappa shape index (κ1) is 14.5. The Labute approximate surface area is 124 Å². The highest BCUT2D eigenvalue weighted by molar-refractivity contribution is 5.82. The largest absolute Gasteiger partial charge is 0.375 e. The molecule has 1 saturated heterocycles. The highest BCUT2D eigenvalue weighted by Gasteiger charge is 2.44. The summed E-state index contributed by atoms with van der Waals surface area (Å²) in [6.07, 6.45) is 1.95. The van der Waals surface area contributed by atoms with Crippen LogP contribution in [0.5, 0.6) is 0 Å². The fourth-order valence-corrected chi connectivity index (χ4v) is 2.92. The van der Waals surface area contributed by atoms with Crippen molar-refractivity contribution in [3.8, 4) is 0 Å². The van der Waals surface area contributed by atoms with Gasteiger partial charge in [-0.3, -0.25) is 4.79 Å². The van der Waals surface area contributed by atoms with Crippen LogP contribution in [0.15, 0.2) is 24.3 Å². The average Bonchev–Trinajstić information content (AvgIpc) is 3.27. The molecule has 3 rings (SSSR count). The van der Waals surface area contributed by atoms with Crippen LogP contribution in [0.2, 0.25) is 0 Å². The maximum Gasteiger partial charge on any atom is 0.239 e. The topological polar surface area (TPSA) is 50.4 Å². The minimum absolute atomic E-state index is 0.0118. The normalized spacial score (nSPS) is 27.1. The molecule has 2 fully saturated rings. The van der Waals surface area contributed by atoms with E-state index >= 15 is 0 Å². The van der Waals surface area contributed by atoms with E-state index in [9.17, 15) is 9.18 Å². The number of amides is 1. The summed E-state index contributed by atoms with van der Waals surface area (Å²) < 4.78 is 18.5. The molecule has 21 heavy (non-hydrogen) atoms. The van der Waals surface area contributed by atoms with Crippen molar-refractivity contribution < 1.29 is 13.9 Å². The van der Waals surface area contributed by atoms with Crippen molar-refractivity contribution in [1.82, 2.24) is 10.6 Å². The number of rotatable bonds is 4. The Morgan fingerprint density at radius 1 is 1.43 bits per heavy atom. The molecule has 0 radical (unpaired) electrons. The monoisotopic (exact) mass is 292 g/mol. The van der Waals surface area contributed by atoms with Crippen molar-refractivity contribution in [3.05, 3.63) is 35.6 Å². The summed E-state index contributed by atoms with van der Waals surface area (Å²) in [4.78, 5) is 12.3. The van der Waals surface area contributed by atoms with Gasteiger partial charge in [0.1, 0.15) is 11.9 Å². The van der Waals surface area contributed by atoms with Crippen molar-refractivity contribution in [3.63, 3.8) is 0 Å². The summed E-state index contributed by atoms with van der Waals surface area (Å²) in [5.41, 5.74) is 1.09. The third kappa shape index (κ3) is 3.09. The van der Waals surface area contributed by atoms with Gasteiger partial charge in [0.2, 0.25) is 5.91 Å². The lowest BCUT2D eigenvalue weighted by molar-refractivity contribution is -0.129. The summed E-state index contributed by atoms with van der Waals surface area (Å²) in [7, 11) is 0. The molecule has 2 aliphatic rings. The van der Waals surface area contributed by atoms with Crippen molar-refractivity contribution in [1.29, 1.82) is 0 Å². The summed E-state index contributed by atoms with van der Waals surface area (Å²) in [6, 6.07) is 6.31. The van der Waals surface area contributed by atoms with Crippen LogP contribution in [-0.2, 0) is 14.9 Å². The number of hydrogen-bond donors (Lipinski definition) is 2. The van der Waals surface area contributed by atoms with Gasteiger partial charge in [-0.2, -0.15) is 0 Å². The van der Waals surface area contributed by atoms with E-state index in [4.69, 9.17) is 4.74 Å². The van der Waals surface area contributed by atoms with Gasteiger partial charge in [0.25, 0.3) is 0 Å². The molecule has 0 unspecified atom stereocenters. The first-order valence-electron chi connectivity index (χ1n) is 7.49. The number of morpholine rings is 1. The average molecular weight is 292 g/mol. The zero-order valence-corrected chi connectivity index (χ0v) is 12.2. The van der Waals surface area contributed by atoms with Gasteiger partial charge in [0.15, 0.2) is 0 Å². The molecule has 2 atom stereocenters. The number of nitrogens with one attached hydrogen (secondary N) is 2. The lowest BCUT2D eigenvalue weighted by atomic mass is 9.95. The highest BCUT2D eigenvalue weighted by atomic mass is 19.1. The molecule has 1 saturated carbocycles. The minimum Gasteiger partial charge on any atom is -0.375 e. The van der Waals surface area contributed by atoms with Gasteiger partial charge in [-0.15, -0.1) is 0 Å². The standard InChI is InChI=1S/C16H21FN2O2/c1-11-14(18-8-9-21-11)15(20)19-10-16(6-7-16)12-2-4-13(17)5-3-12/h2-5,11,14,18H,6-10H2,1H3,(H,19,20)/t11-,14+/m1/s1. The van der Waals surface area contributed by atoms with E-state index in [2.05, 4.69) is 10.6 Å². The molecule has 4 nitrogen and oxygen atoms in total. The summed E-state index contributed by atoms with van der Waals surface area (Å²) in [6.45, 7) is 3.85. The molecule has 1 amide bonds. The second-order valence-corrected chi connectivity index (χ2v) is 6.01. The maximum absolute atomic E-state index is 13.0. The quantitative estimate of drug-likeness (QED) is 0.881. The zero-order valence-electron chi connectivity index (χ0n) is 12.2. The van der Waals surface area contributed by atoms with E-state index in [0.717, 1.165) is 18.4 Å². The lowest BCUT2D eigenvalue weighted by Gasteiger charge is -2.30. The number of benzene rings is 1. The lowest BCUT2D eigenvalue weighted by Crippen LogP contribution is -2.56. The number of ether oxygens (including phenoxy) is 1. The Balaban J connectivity index is 1.59. The van der Waals surface area contributed by atoms with Crippen LogP contribution >= 0.6 is 0 Å². The van der Waals surface area contributed by atoms with Gasteiger partial charge in [-0.25, -0.2) is 4.39 Å². The molecule has 1 aromatic rings. The van der Waals surface area contributed by atoms with E-state index in [-0.39, 0.29) is 29.3 Å². The van der Waals surface area contributed by atoms with Crippen molar-refractivity contribution >= 4 is 5.91 Å². The smallest absolute Gasteiger partial charge is 0.239 e. The fraction of sp³-hybridized carbons (Fsp3) is 0.562. The van der Waals surface area contributed by atoms with E-state index in [1.807, 2.05) is 19.1 Å². The Bertz CT molecular complexity index is 514. The molecule has 0 spiro atoms. The zero-order chi connectivity index (χ0) is 14.9. The van der Waals surface area contributed by atoms with Crippen molar-refractivity contribution in [2.24, 2.45) is 0 Å². The van der Waals surface area contributed by atoms with Gasteiger partial charge >= 0.3 is 0 Å². The Hall–Kier alpha value is -1.46. The van der Waals surface area contributed by atoms with Gasteiger partial charge in [0.05, 0.1) is 12.7 Å². The predicted molar refractivity (Wildman–Crippen MR) is 77.5 cm³/mol.